The standard InChI is InChI=1S/C26H30N2O/c1-18-8-9-19(20-10-11-21-17-27-28-24(21)15-20)5-4-7-23-16-22-6-2-3-12-25(22)13-14-26(18,23)29-25/h7,9-11,15-18H,2-6,8,12-14H2,1H3,(H,27,28). The van der Waals surface area contributed by atoms with Crippen molar-refractivity contribution in [3.63, 3.8) is 0 Å². The number of hydrogen-bond acceptors (Lipinski definition) is 2. The third-order valence-electron chi connectivity index (χ3n) is 8.06. The molecule has 1 saturated carbocycles. The molecule has 3 heterocycles. The van der Waals surface area contributed by atoms with Crippen molar-refractivity contribution < 1.29 is 4.74 Å². The number of nitrogens with zero attached hydrogens (tertiary/aromatic N) is 1. The van der Waals surface area contributed by atoms with Crippen LogP contribution in [0.2, 0.25) is 0 Å². The van der Waals surface area contributed by atoms with E-state index in [1.807, 2.05) is 6.20 Å². The quantitative estimate of drug-likeness (QED) is 0.608. The number of H-pyrrole nitrogens is 1. The van der Waals surface area contributed by atoms with E-state index >= 15 is 0 Å². The molecule has 2 aliphatic heterocycles. The summed E-state index contributed by atoms with van der Waals surface area (Å²) in [6.07, 6.45) is 20.2. The maximum atomic E-state index is 7.09. The number of hydrogen-bond donors (Lipinski definition) is 1. The number of rotatable bonds is 1. The van der Waals surface area contributed by atoms with Crippen LogP contribution in [0, 0.1) is 5.92 Å². The van der Waals surface area contributed by atoms with Crippen LogP contribution in [-0.4, -0.2) is 21.4 Å². The molecule has 0 radical (unpaired) electrons. The van der Waals surface area contributed by atoms with Crippen LogP contribution in [0.1, 0.15) is 70.3 Å². The molecule has 2 spiro atoms. The van der Waals surface area contributed by atoms with E-state index in [2.05, 4.69) is 53.5 Å². The highest BCUT2D eigenvalue weighted by Crippen LogP contribution is 2.58. The molecule has 2 fully saturated rings. The number of nitrogens with one attached hydrogen (secondary N) is 1. The summed E-state index contributed by atoms with van der Waals surface area (Å²) < 4.78 is 7.09. The molecular formula is C26H30N2O. The van der Waals surface area contributed by atoms with Crippen molar-refractivity contribution in [1.82, 2.24) is 10.2 Å². The molecule has 3 nitrogen and oxygen atoms in total. The zero-order valence-corrected chi connectivity index (χ0v) is 17.3. The van der Waals surface area contributed by atoms with Crippen LogP contribution in [0.3, 0.4) is 0 Å². The van der Waals surface area contributed by atoms with Crippen molar-refractivity contribution in [2.45, 2.75) is 75.9 Å². The fourth-order valence-electron chi connectivity index (χ4n) is 6.33. The van der Waals surface area contributed by atoms with Crippen LogP contribution < -0.4 is 0 Å². The second-order valence-corrected chi connectivity index (χ2v) is 9.60. The Morgan fingerprint density at radius 1 is 1.10 bits per heavy atom. The number of fused-ring (bicyclic) bond motifs is 1. The minimum atomic E-state index is -0.0693. The van der Waals surface area contributed by atoms with Crippen molar-refractivity contribution >= 4 is 16.5 Å². The number of allylic oxidation sites excluding steroid dienone is 3. The molecule has 1 aromatic carbocycles. The van der Waals surface area contributed by atoms with Gasteiger partial charge in [-0.25, -0.2) is 0 Å². The Labute approximate surface area is 172 Å². The van der Waals surface area contributed by atoms with Gasteiger partial charge in [0.15, 0.2) is 0 Å². The lowest BCUT2D eigenvalue weighted by atomic mass is 9.75. The predicted molar refractivity (Wildman–Crippen MR) is 118 cm³/mol. The maximum Gasteiger partial charge on any atom is 0.0969 e. The van der Waals surface area contributed by atoms with E-state index < -0.39 is 0 Å². The van der Waals surface area contributed by atoms with Gasteiger partial charge in [0, 0.05) is 5.39 Å². The van der Waals surface area contributed by atoms with Gasteiger partial charge in [0.05, 0.1) is 22.9 Å². The first-order chi connectivity index (χ1) is 14.2. The van der Waals surface area contributed by atoms with Gasteiger partial charge in [-0.2, -0.15) is 5.10 Å². The van der Waals surface area contributed by atoms with Crippen molar-refractivity contribution in [3.8, 4) is 0 Å². The largest absolute Gasteiger partial charge is 0.359 e. The zero-order chi connectivity index (χ0) is 19.5. The molecule has 1 aromatic heterocycles. The number of benzene rings is 1. The molecule has 2 bridgehead atoms. The fourth-order valence-corrected chi connectivity index (χ4v) is 6.33. The summed E-state index contributed by atoms with van der Waals surface area (Å²) in [5.74, 6) is 0.497. The lowest BCUT2D eigenvalue weighted by molar-refractivity contribution is -0.105. The lowest BCUT2D eigenvalue weighted by Crippen LogP contribution is -2.46. The van der Waals surface area contributed by atoms with E-state index in [0.29, 0.717) is 5.92 Å². The van der Waals surface area contributed by atoms with Gasteiger partial charge in [-0.3, -0.25) is 5.10 Å². The van der Waals surface area contributed by atoms with Crippen LogP contribution in [0.15, 0.2) is 53.8 Å². The van der Waals surface area contributed by atoms with Crippen molar-refractivity contribution in [2.75, 3.05) is 0 Å². The topological polar surface area (TPSA) is 37.9 Å². The summed E-state index contributed by atoms with van der Waals surface area (Å²) in [7, 11) is 0. The third kappa shape index (κ3) is 2.63. The van der Waals surface area contributed by atoms with E-state index in [9.17, 15) is 0 Å². The fraction of sp³-hybridized carbons (Fsp3) is 0.500. The molecule has 1 saturated heterocycles. The Bertz CT molecular complexity index is 1060. The summed E-state index contributed by atoms with van der Waals surface area (Å²) in [6.45, 7) is 2.41. The Morgan fingerprint density at radius 2 is 2.07 bits per heavy atom. The Hall–Kier alpha value is -2.13. The summed E-state index contributed by atoms with van der Waals surface area (Å²) >= 11 is 0. The Balaban J connectivity index is 1.37. The van der Waals surface area contributed by atoms with Gasteiger partial charge >= 0.3 is 0 Å². The molecule has 1 N–H and O–H groups in total. The van der Waals surface area contributed by atoms with Crippen molar-refractivity contribution in [1.29, 1.82) is 0 Å². The van der Waals surface area contributed by atoms with Gasteiger partial charge in [-0.1, -0.05) is 37.3 Å². The Kier molecular flexibility index (Phi) is 3.93. The summed E-state index contributed by atoms with van der Waals surface area (Å²) in [6, 6.07) is 6.69. The average Bonchev–Trinajstić information content (AvgIpc) is 3.34. The lowest BCUT2D eigenvalue weighted by Gasteiger charge is -2.46. The summed E-state index contributed by atoms with van der Waals surface area (Å²) in [5, 5.41) is 8.48. The van der Waals surface area contributed by atoms with Gasteiger partial charge in [-0.15, -0.1) is 0 Å². The highest BCUT2D eigenvalue weighted by molar-refractivity contribution is 5.82. The second-order valence-electron chi connectivity index (χ2n) is 9.60. The van der Waals surface area contributed by atoms with Gasteiger partial charge in [0.25, 0.3) is 0 Å². The second kappa shape index (κ2) is 6.43. The first-order valence-electron chi connectivity index (χ1n) is 11.4. The summed E-state index contributed by atoms with van der Waals surface area (Å²) in [5.41, 5.74) is 6.97. The number of ether oxygens (including phenoxy) is 1. The van der Waals surface area contributed by atoms with Gasteiger partial charge in [0.2, 0.25) is 0 Å². The number of aromatic amines is 1. The molecule has 3 atom stereocenters. The predicted octanol–water partition coefficient (Wildman–Crippen LogP) is 6.49. The van der Waals surface area contributed by atoms with Crippen LogP contribution in [0.25, 0.3) is 16.5 Å². The van der Waals surface area contributed by atoms with E-state index in [4.69, 9.17) is 4.74 Å². The van der Waals surface area contributed by atoms with E-state index in [0.717, 1.165) is 24.8 Å². The molecule has 0 amide bonds. The van der Waals surface area contributed by atoms with E-state index in [-0.39, 0.29) is 11.2 Å². The first-order valence-corrected chi connectivity index (χ1v) is 11.4. The van der Waals surface area contributed by atoms with E-state index in [1.165, 1.54) is 60.6 Å². The molecule has 2 aromatic rings. The van der Waals surface area contributed by atoms with Crippen LogP contribution in [-0.2, 0) is 4.74 Å². The van der Waals surface area contributed by atoms with Crippen LogP contribution in [0.4, 0.5) is 0 Å². The molecular weight excluding hydrogens is 356 g/mol. The highest BCUT2D eigenvalue weighted by Gasteiger charge is 2.57. The molecule has 3 unspecified atom stereocenters. The first kappa shape index (κ1) is 17.7. The van der Waals surface area contributed by atoms with Crippen LogP contribution >= 0.6 is 0 Å². The van der Waals surface area contributed by atoms with Crippen LogP contribution in [0.5, 0.6) is 0 Å². The summed E-state index contributed by atoms with van der Waals surface area (Å²) in [4.78, 5) is 0. The minimum absolute atomic E-state index is 0.0656. The van der Waals surface area contributed by atoms with Gasteiger partial charge in [-0.05, 0) is 92.1 Å². The minimum Gasteiger partial charge on any atom is -0.359 e. The molecule has 6 rings (SSSR count). The molecule has 4 aliphatic rings. The number of aromatic nitrogens is 2. The molecule has 2 aliphatic carbocycles. The molecule has 150 valence electrons. The van der Waals surface area contributed by atoms with E-state index in [1.54, 1.807) is 5.57 Å². The highest BCUT2D eigenvalue weighted by atomic mass is 16.5. The monoisotopic (exact) mass is 386 g/mol. The average molecular weight is 387 g/mol. The maximum absolute atomic E-state index is 7.09. The van der Waals surface area contributed by atoms with Crippen molar-refractivity contribution in [2.24, 2.45) is 5.92 Å². The van der Waals surface area contributed by atoms with Gasteiger partial charge in [0.1, 0.15) is 0 Å². The Morgan fingerprint density at radius 3 is 3.03 bits per heavy atom. The van der Waals surface area contributed by atoms with Gasteiger partial charge < -0.3 is 4.74 Å². The van der Waals surface area contributed by atoms with Crippen molar-refractivity contribution in [3.05, 3.63) is 59.3 Å². The normalized spacial score (nSPS) is 34.2. The third-order valence-corrected chi connectivity index (χ3v) is 8.06. The smallest absolute Gasteiger partial charge is 0.0969 e. The molecule has 3 heteroatoms. The zero-order valence-electron chi connectivity index (χ0n) is 17.3. The molecule has 29 heavy (non-hydrogen) atoms. The SMILES string of the molecule is CC1CC=C(c2ccc3cn[nH]c3c2)CCC=C2C=C3CCCCC34CCC21O4.